The molecule has 0 saturated carbocycles. The Hall–Kier alpha value is -0.810. The first-order valence-corrected chi connectivity index (χ1v) is 4.32. The third kappa shape index (κ3) is 7.55. The van der Waals surface area contributed by atoms with Gasteiger partial charge in [0.25, 0.3) is 0 Å². The van der Waals surface area contributed by atoms with Crippen molar-refractivity contribution in [1.82, 2.24) is 10.6 Å². The molecule has 0 aromatic heterocycles. The molecule has 0 aromatic carbocycles. The van der Waals surface area contributed by atoms with Crippen LogP contribution in [0.4, 0.5) is 0 Å². The van der Waals surface area contributed by atoms with Crippen LogP contribution in [-0.2, 0) is 14.3 Å². The van der Waals surface area contributed by atoms with Crippen molar-refractivity contribution in [3.05, 3.63) is 0 Å². The van der Waals surface area contributed by atoms with Gasteiger partial charge >= 0.3 is 0 Å². The first-order valence-electron chi connectivity index (χ1n) is 3.79. The molecule has 0 atom stereocenters. The van der Waals surface area contributed by atoms with Gasteiger partial charge in [0.1, 0.15) is 5.88 Å². The minimum absolute atomic E-state index is 0.0464. The molecule has 0 aliphatic carbocycles. The zero-order chi connectivity index (χ0) is 10.1. The summed E-state index contributed by atoms with van der Waals surface area (Å²) in [6.45, 7) is 0.844. The summed E-state index contributed by atoms with van der Waals surface area (Å²) in [7, 11) is 1.54. The fourth-order valence-corrected chi connectivity index (χ4v) is 0.676. The molecule has 13 heavy (non-hydrogen) atoms. The van der Waals surface area contributed by atoms with Crippen molar-refractivity contribution in [2.75, 3.05) is 32.7 Å². The highest BCUT2D eigenvalue weighted by Crippen LogP contribution is 1.73. The minimum atomic E-state index is -0.358. The average molecular weight is 209 g/mol. The largest absolute Gasteiger partial charge is 0.383 e. The van der Waals surface area contributed by atoms with Gasteiger partial charge in [0.2, 0.25) is 11.8 Å². The number of amides is 2. The molecular formula is C7H13ClN2O3. The lowest BCUT2D eigenvalue weighted by Crippen LogP contribution is -2.38. The number of rotatable bonds is 6. The number of hydrogen-bond acceptors (Lipinski definition) is 3. The van der Waals surface area contributed by atoms with Crippen LogP contribution in [-0.4, -0.2) is 44.5 Å². The van der Waals surface area contributed by atoms with Crippen LogP contribution in [0.5, 0.6) is 0 Å². The minimum Gasteiger partial charge on any atom is -0.383 e. The van der Waals surface area contributed by atoms with Crippen LogP contribution < -0.4 is 10.6 Å². The van der Waals surface area contributed by atoms with Crippen LogP contribution >= 0.6 is 11.6 Å². The number of ether oxygens (including phenoxy) is 1. The van der Waals surface area contributed by atoms with Gasteiger partial charge in [-0.25, -0.2) is 0 Å². The summed E-state index contributed by atoms with van der Waals surface area (Å²) in [5, 5.41) is 4.88. The zero-order valence-electron chi connectivity index (χ0n) is 7.43. The number of carbonyl (C=O) groups is 2. The van der Waals surface area contributed by atoms with E-state index in [1.54, 1.807) is 7.11 Å². The quantitative estimate of drug-likeness (QED) is 0.439. The van der Waals surface area contributed by atoms with E-state index < -0.39 is 0 Å². The van der Waals surface area contributed by atoms with Crippen LogP contribution in [0.2, 0.25) is 0 Å². The third-order valence-corrected chi connectivity index (χ3v) is 1.44. The van der Waals surface area contributed by atoms with Crippen molar-refractivity contribution in [2.45, 2.75) is 0 Å². The molecule has 2 N–H and O–H groups in total. The van der Waals surface area contributed by atoms with E-state index in [2.05, 4.69) is 10.6 Å². The maximum absolute atomic E-state index is 10.9. The second kappa shape index (κ2) is 7.82. The first kappa shape index (κ1) is 12.2. The Balaban J connectivity index is 3.35. The Labute approximate surface area is 81.8 Å². The van der Waals surface area contributed by atoms with Gasteiger partial charge in [0.05, 0.1) is 13.2 Å². The maximum atomic E-state index is 10.9. The van der Waals surface area contributed by atoms with Crippen LogP contribution in [0, 0.1) is 0 Å². The maximum Gasteiger partial charge on any atom is 0.239 e. The van der Waals surface area contributed by atoms with E-state index >= 15 is 0 Å². The predicted molar refractivity (Wildman–Crippen MR) is 48.6 cm³/mol. The molecule has 0 bridgehead atoms. The van der Waals surface area contributed by atoms with E-state index in [4.69, 9.17) is 16.3 Å². The average Bonchev–Trinajstić information content (AvgIpc) is 2.14. The Bertz CT molecular complexity index is 175. The number of nitrogens with one attached hydrogen (secondary N) is 2. The number of hydrogen-bond donors (Lipinski definition) is 2. The van der Waals surface area contributed by atoms with Crippen molar-refractivity contribution in [3.8, 4) is 0 Å². The van der Waals surface area contributed by atoms with Gasteiger partial charge in [-0.15, -0.1) is 11.6 Å². The van der Waals surface area contributed by atoms with Crippen LogP contribution in [0.1, 0.15) is 0 Å². The second-order valence-corrected chi connectivity index (χ2v) is 2.52. The van der Waals surface area contributed by atoms with Crippen molar-refractivity contribution >= 4 is 23.4 Å². The monoisotopic (exact) mass is 208 g/mol. The standard InChI is InChI=1S/C7H13ClN2O3/c1-13-3-2-9-7(12)5-10-6(11)4-8/h2-5H2,1H3,(H,9,12)(H,10,11). The van der Waals surface area contributed by atoms with E-state index in [9.17, 15) is 9.59 Å². The van der Waals surface area contributed by atoms with E-state index in [1.165, 1.54) is 0 Å². The van der Waals surface area contributed by atoms with Gasteiger partial charge in [-0.2, -0.15) is 0 Å². The predicted octanol–water partition coefficient (Wildman–Crippen LogP) is -0.896. The molecule has 0 aliphatic heterocycles. The fraction of sp³-hybridized carbons (Fsp3) is 0.714. The van der Waals surface area contributed by atoms with Crippen molar-refractivity contribution in [2.24, 2.45) is 0 Å². The molecule has 0 spiro atoms. The first-order chi connectivity index (χ1) is 6.20. The van der Waals surface area contributed by atoms with Gasteiger partial charge in [-0.3, -0.25) is 9.59 Å². The molecular weight excluding hydrogens is 196 g/mol. The highest BCUT2D eigenvalue weighted by Gasteiger charge is 2.02. The molecule has 0 aromatic rings. The summed E-state index contributed by atoms with van der Waals surface area (Å²) < 4.78 is 4.72. The van der Waals surface area contributed by atoms with Gasteiger partial charge < -0.3 is 15.4 Å². The van der Waals surface area contributed by atoms with Crippen molar-refractivity contribution < 1.29 is 14.3 Å². The summed E-state index contributed by atoms with van der Waals surface area (Å²) in [5.74, 6) is -0.746. The topological polar surface area (TPSA) is 67.4 Å². The smallest absolute Gasteiger partial charge is 0.239 e. The molecule has 0 saturated heterocycles. The molecule has 0 fully saturated rings. The lowest BCUT2D eigenvalue weighted by Gasteiger charge is -2.04. The van der Waals surface area contributed by atoms with Crippen molar-refractivity contribution in [1.29, 1.82) is 0 Å². The molecule has 0 rings (SSSR count). The summed E-state index contributed by atoms with van der Waals surface area (Å²) in [6, 6.07) is 0. The molecule has 0 aliphatic rings. The Morgan fingerprint density at radius 1 is 1.31 bits per heavy atom. The molecule has 2 amide bonds. The molecule has 0 radical (unpaired) electrons. The summed E-state index contributed by atoms with van der Waals surface area (Å²) in [4.78, 5) is 21.5. The molecule has 76 valence electrons. The molecule has 6 heteroatoms. The van der Waals surface area contributed by atoms with Gasteiger partial charge in [0, 0.05) is 13.7 Å². The lowest BCUT2D eigenvalue weighted by molar-refractivity contribution is -0.124. The SMILES string of the molecule is COCCNC(=O)CNC(=O)CCl. The van der Waals surface area contributed by atoms with E-state index in [-0.39, 0.29) is 24.2 Å². The van der Waals surface area contributed by atoms with Crippen LogP contribution in [0.3, 0.4) is 0 Å². The van der Waals surface area contributed by atoms with Crippen molar-refractivity contribution in [3.63, 3.8) is 0 Å². The Morgan fingerprint density at radius 3 is 2.54 bits per heavy atom. The molecule has 5 nitrogen and oxygen atoms in total. The molecule has 0 heterocycles. The Morgan fingerprint density at radius 2 is 2.00 bits per heavy atom. The third-order valence-electron chi connectivity index (χ3n) is 1.20. The molecule has 0 unspecified atom stereocenters. The van der Waals surface area contributed by atoms with Gasteiger partial charge in [-0.1, -0.05) is 0 Å². The fourth-order valence-electron chi connectivity index (χ4n) is 0.581. The normalized spacial score (nSPS) is 9.38. The summed E-state index contributed by atoms with van der Waals surface area (Å²) >= 11 is 5.20. The highest BCUT2D eigenvalue weighted by molar-refractivity contribution is 6.27. The number of methoxy groups -OCH3 is 1. The van der Waals surface area contributed by atoms with Crippen LogP contribution in [0.25, 0.3) is 0 Å². The summed E-state index contributed by atoms with van der Waals surface area (Å²) in [5.41, 5.74) is 0. The van der Waals surface area contributed by atoms with E-state index in [1.807, 2.05) is 0 Å². The highest BCUT2D eigenvalue weighted by atomic mass is 35.5. The van der Waals surface area contributed by atoms with E-state index in [0.29, 0.717) is 13.2 Å². The zero-order valence-corrected chi connectivity index (χ0v) is 8.19. The Kier molecular flexibility index (Phi) is 7.33. The number of alkyl halides is 1. The van der Waals surface area contributed by atoms with Gasteiger partial charge in [-0.05, 0) is 0 Å². The lowest BCUT2D eigenvalue weighted by atomic mass is 10.5. The second-order valence-electron chi connectivity index (χ2n) is 2.25. The number of carbonyl (C=O) groups excluding carboxylic acids is 2. The summed E-state index contributed by atoms with van der Waals surface area (Å²) in [6.07, 6.45) is 0. The number of halogens is 1. The van der Waals surface area contributed by atoms with Crippen LogP contribution in [0.15, 0.2) is 0 Å². The van der Waals surface area contributed by atoms with Gasteiger partial charge in [0.15, 0.2) is 0 Å². The van der Waals surface area contributed by atoms with E-state index in [0.717, 1.165) is 0 Å².